The molecule has 2 aliphatic carbocycles. The molecule has 132 valence electrons. The molecule has 0 fully saturated rings. The van der Waals surface area contributed by atoms with Crippen LogP contribution < -0.4 is 0 Å². The van der Waals surface area contributed by atoms with E-state index in [1.54, 1.807) is 6.08 Å². The predicted molar refractivity (Wildman–Crippen MR) is 96.9 cm³/mol. The lowest BCUT2D eigenvalue weighted by atomic mass is 9.66. The lowest BCUT2D eigenvalue weighted by Crippen LogP contribution is -2.41. The van der Waals surface area contributed by atoms with E-state index < -0.39 is 11.3 Å². The molecule has 0 radical (unpaired) electrons. The molecule has 0 bridgehead atoms. The summed E-state index contributed by atoms with van der Waals surface area (Å²) < 4.78 is 10.2. The van der Waals surface area contributed by atoms with Gasteiger partial charge in [0.1, 0.15) is 11.3 Å². The maximum atomic E-state index is 13.1. The Hall–Kier alpha value is -2.88. The number of esters is 2. The van der Waals surface area contributed by atoms with Crippen LogP contribution in [0, 0.1) is 0 Å². The van der Waals surface area contributed by atoms with E-state index in [4.69, 9.17) is 9.47 Å². The Morgan fingerprint density at radius 3 is 2.46 bits per heavy atom. The molecule has 0 spiro atoms. The number of hydrogen-bond acceptors (Lipinski definition) is 4. The highest BCUT2D eigenvalue weighted by molar-refractivity contribution is 5.93. The van der Waals surface area contributed by atoms with Gasteiger partial charge in [-0.25, -0.2) is 0 Å². The molecule has 4 nitrogen and oxygen atoms in total. The van der Waals surface area contributed by atoms with Crippen LogP contribution in [0.5, 0.6) is 0 Å². The van der Waals surface area contributed by atoms with Crippen molar-refractivity contribution in [3.05, 3.63) is 82.9 Å². The first-order valence-corrected chi connectivity index (χ1v) is 8.66. The molecule has 26 heavy (non-hydrogen) atoms. The topological polar surface area (TPSA) is 52.6 Å². The van der Waals surface area contributed by atoms with E-state index in [1.807, 2.05) is 54.6 Å². The van der Waals surface area contributed by atoms with Crippen LogP contribution in [0.3, 0.4) is 0 Å². The minimum atomic E-state index is -0.910. The highest BCUT2D eigenvalue weighted by Crippen LogP contribution is 2.55. The zero-order chi connectivity index (χ0) is 18.3. The van der Waals surface area contributed by atoms with Crippen LogP contribution in [0.2, 0.25) is 0 Å². The van der Waals surface area contributed by atoms with Crippen LogP contribution in [0.25, 0.3) is 0 Å². The fourth-order valence-electron chi connectivity index (χ4n) is 4.54. The summed E-state index contributed by atoms with van der Waals surface area (Å²) >= 11 is 0. The van der Waals surface area contributed by atoms with Gasteiger partial charge in [0.2, 0.25) is 0 Å². The number of ether oxygens (including phenoxy) is 2. The molecule has 0 aromatic heterocycles. The Morgan fingerprint density at radius 2 is 1.77 bits per heavy atom. The number of carbonyl (C=O) groups excluding carboxylic acids is 2. The summed E-state index contributed by atoms with van der Waals surface area (Å²) in [5, 5.41) is 0. The smallest absolute Gasteiger partial charge is 0.320 e. The molecule has 0 saturated carbocycles. The van der Waals surface area contributed by atoms with Gasteiger partial charge in [-0.1, -0.05) is 60.7 Å². The van der Waals surface area contributed by atoms with Gasteiger partial charge in [-0.3, -0.25) is 9.59 Å². The number of methoxy groups -OCH3 is 2. The van der Waals surface area contributed by atoms with Crippen LogP contribution in [0.4, 0.5) is 0 Å². The molecule has 2 aliphatic rings. The third-order valence-corrected chi connectivity index (χ3v) is 5.64. The quantitative estimate of drug-likeness (QED) is 0.631. The maximum Gasteiger partial charge on any atom is 0.320 e. The Bertz CT molecular complexity index is 900. The van der Waals surface area contributed by atoms with Gasteiger partial charge in [0.05, 0.1) is 14.2 Å². The molecule has 4 rings (SSSR count). The largest absolute Gasteiger partial charge is 0.468 e. The van der Waals surface area contributed by atoms with Crippen LogP contribution in [-0.2, 0) is 30.9 Å². The summed E-state index contributed by atoms with van der Waals surface area (Å²) in [6.45, 7) is 0. The van der Waals surface area contributed by atoms with E-state index in [1.165, 1.54) is 14.2 Å². The van der Waals surface area contributed by atoms with Crippen molar-refractivity contribution < 1.29 is 19.1 Å². The SMILES string of the molecule is COC(=O)[C@@H]1C=C[C@@]2(C(=O)OC)c3c(cccc31)C[C@H]2c1ccccc1. The van der Waals surface area contributed by atoms with Crippen LogP contribution >= 0.6 is 0 Å². The Morgan fingerprint density at radius 1 is 1.00 bits per heavy atom. The van der Waals surface area contributed by atoms with Crippen molar-refractivity contribution in [2.75, 3.05) is 14.2 Å². The molecule has 0 aliphatic heterocycles. The molecule has 0 heterocycles. The normalized spacial score (nSPS) is 25.5. The third kappa shape index (κ3) is 2.15. The number of benzene rings is 2. The first-order valence-electron chi connectivity index (χ1n) is 8.66. The van der Waals surface area contributed by atoms with E-state index in [0.717, 1.165) is 28.7 Å². The van der Waals surface area contributed by atoms with Crippen molar-refractivity contribution in [2.45, 2.75) is 23.7 Å². The minimum Gasteiger partial charge on any atom is -0.468 e. The Kier molecular flexibility index (Phi) is 3.91. The third-order valence-electron chi connectivity index (χ3n) is 5.64. The van der Waals surface area contributed by atoms with E-state index >= 15 is 0 Å². The fraction of sp³-hybridized carbons (Fsp3) is 0.273. The molecule has 2 aromatic rings. The standard InChI is InChI=1S/C22H20O4/c1-25-20(23)17-11-12-22(21(24)26-2)18(14-7-4-3-5-8-14)13-15-9-6-10-16(17)19(15)22/h3-12,17-18H,13H2,1-2H3/t17-,18+,22+/m1/s1. The number of carbonyl (C=O) groups is 2. The van der Waals surface area contributed by atoms with E-state index in [2.05, 4.69) is 0 Å². The summed E-state index contributed by atoms with van der Waals surface area (Å²) in [5.74, 6) is -1.18. The lowest BCUT2D eigenvalue weighted by Gasteiger charge is -2.36. The summed E-state index contributed by atoms with van der Waals surface area (Å²) in [4.78, 5) is 25.3. The zero-order valence-corrected chi connectivity index (χ0v) is 14.8. The minimum absolute atomic E-state index is 0.0675. The Labute approximate surface area is 152 Å². The fourth-order valence-corrected chi connectivity index (χ4v) is 4.54. The molecular weight excluding hydrogens is 328 g/mol. The molecule has 0 unspecified atom stereocenters. The van der Waals surface area contributed by atoms with Gasteiger partial charge in [0.25, 0.3) is 0 Å². The second-order valence-corrected chi connectivity index (χ2v) is 6.77. The van der Waals surface area contributed by atoms with Gasteiger partial charge in [0, 0.05) is 5.92 Å². The van der Waals surface area contributed by atoms with Crippen molar-refractivity contribution in [3.8, 4) is 0 Å². The van der Waals surface area contributed by atoms with Gasteiger partial charge < -0.3 is 9.47 Å². The second-order valence-electron chi connectivity index (χ2n) is 6.77. The van der Waals surface area contributed by atoms with Gasteiger partial charge in [-0.05, 0) is 28.7 Å². The summed E-state index contributed by atoms with van der Waals surface area (Å²) in [6, 6.07) is 15.9. The van der Waals surface area contributed by atoms with Gasteiger partial charge in [-0.2, -0.15) is 0 Å². The lowest BCUT2D eigenvalue weighted by molar-refractivity contribution is -0.147. The molecular formula is C22H20O4. The highest BCUT2D eigenvalue weighted by atomic mass is 16.5. The summed E-state index contributed by atoms with van der Waals surface area (Å²) in [5.41, 5.74) is 2.99. The molecule has 0 saturated heterocycles. The average Bonchev–Trinajstić information content (AvgIpc) is 3.05. The predicted octanol–water partition coefficient (Wildman–Crippen LogP) is 3.26. The van der Waals surface area contributed by atoms with Crippen molar-refractivity contribution in [1.29, 1.82) is 0 Å². The molecule has 0 N–H and O–H groups in total. The monoisotopic (exact) mass is 348 g/mol. The summed E-state index contributed by atoms with van der Waals surface area (Å²) in [6.07, 6.45) is 4.37. The average molecular weight is 348 g/mol. The number of hydrogen-bond donors (Lipinski definition) is 0. The van der Waals surface area contributed by atoms with Crippen molar-refractivity contribution >= 4 is 11.9 Å². The highest BCUT2D eigenvalue weighted by Gasteiger charge is 2.55. The first kappa shape index (κ1) is 16.6. The van der Waals surface area contributed by atoms with E-state index in [0.29, 0.717) is 0 Å². The van der Waals surface area contributed by atoms with Gasteiger partial charge in [-0.15, -0.1) is 0 Å². The second kappa shape index (κ2) is 6.13. The molecule has 4 heteroatoms. The number of rotatable bonds is 3. The zero-order valence-electron chi connectivity index (χ0n) is 14.8. The van der Waals surface area contributed by atoms with Crippen LogP contribution in [-0.4, -0.2) is 26.2 Å². The Balaban J connectivity index is 1.97. The van der Waals surface area contributed by atoms with Gasteiger partial charge >= 0.3 is 11.9 Å². The van der Waals surface area contributed by atoms with Crippen LogP contribution in [0.1, 0.15) is 34.1 Å². The van der Waals surface area contributed by atoms with Crippen molar-refractivity contribution in [3.63, 3.8) is 0 Å². The first-order chi connectivity index (χ1) is 12.6. The maximum absolute atomic E-state index is 13.1. The van der Waals surface area contributed by atoms with E-state index in [-0.39, 0.29) is 17.9 Å². The van der Waals surface area contributed by atoms with Gasteiger partial charge in [0.15, 0.2) is 0 Å². The summed E-state index contributed by atoms with van der Waals surface area (Å²) in [7, 11) is 2.80. The van der Waals surface area contributed by atoms with Crippen LogP contribution in [0.15, 0.2) is 60.7 Å². The van der Waals surface area contributed by atoms with Crippen molar-refractivity contribution in [2.24, 2.45) is 0 Å². The van der Waals surface area contributed by atoms with Crippen molar-refractivity contribution in [1.82, 2.24) is 0 Å². The molecule has 2 aromatic carbocycles. The van der Waals surface area contributed by atoms with E-state index in [9.17, 15) is 9.59 Å². The molecule has 0 amide bonds. The molecule has 3 atom stereocenters.